The molecule has 18 heavy (non-hydrogen) atoms. The monoisotopic (exact) mass is 253 g/mol. The first-order valence-electron chi connectivity index (χ1n) is 5.08. The molecular weight excluding hydrogens is 245 g/mol. The molecule has 0 N–H and O–H groups in total. The second-order valence-corrected chi connectivity index (χ2v) is 3.57. The molecule has 0 bridgehead atoms. The summed E-state index contributed by atoms with van der Waals surface area (Å²) in [5.41, 5.74) is 0.815. The molecule has 0 aliphatic heterocycles. The minimum atomic E-state index is -4.72. The van der Waals surface area contributed by atoms with E-state index in [4.69, 9.17) is 0 Å². The summed E-state index contributed by atoms with van der Waals surface area (Å²) in [5, 5.41) is 11.8. The van der Waals surface area contributed by atoms with Crippen LogP contribution >= 0.6 is 0 Å². The van der Waals surface area contributed by atoms with E-state index in [2.05, 4.69) is 4.74 Å². The standard InChI is InChI=1S/C13H9F3O2/c14-13(15,16)18-11-7-5-10(6-8-11)12(17)9-3-1-2-4-9/h1-8,17H/p-1. The Labute approximate surface area is 101 Å². The molecule has 0 fully saturated rings. The third kappa shape index (κ3) is 2.94. The molecular formula is C13H8F3O2-. The summed E-state index contributed by atoms with van der Waals surface area (Å²) in [7, 11) is 0. The van der Waals surface area contributed by atoms with Crippen molar-refractivity contribution in [3.63, 3.8) is 0 Å². The highest BCUT2D eigenvalue weighted by Crippen LogP contribution is 2.25. The van der Waals surface area contributed by atoms with Gasteiger partial charge in [-0.3, -0.25) is 0 Å². The highest BCUT2D eigenvalue weighted by molar-refractivity contribution is 5.68. The highest BCUT2D eigenvalue weighted by atomic mass is 19.4. The van der Waals surface area contributed by atoms with Crippen molar-refractivity contribution in [1.82, 2.24) is 0 Å². The Morgan fingerprint density at radius 3 is 2.06 bits per heavy atom. The molecule has 94 valence electrons. The van der Waals surface area contributed by atoms with Crippen molar-refractivity contribution in [2.24, 2.45) is 0 Å². The van der Waals surface area contributed by atoms with Gasteiger partial charge in [0.15, 0.2) is 0 Å². The van der Waals surface area contributed by atoms with Gasteiger partial charge in [-0.15, -0.1) is 13.2 Å². The smallest absolute Gasteiger partial charge is 0.573 e. The minimum Gasteiger partial charge on any atom is -0.872 e. The first kappa shape index (κ1) is 12.3. The molecule has 0 aromatic heterocycles. The van der Waals surface area contributed by atoms with Crippen molar-refractivity contribution in [3.8, 4) is 5.75 Å². The Kier molecular flexibility index (Phi) is 3.14. The Balaban J connectivity index is 2.20. The number of hydrogen-bond acceptors (Lipinski definition) is 2. The Hall–Kier alpha value is -2.17. The van der Waals surface area contributed by atoms with E-state index < -0.39 is 6.36 Å². The fraction of sp³-hybridized carbons (Fsp3) is 0.0769. The van der Waals surface area contributed by atoms with Crippen molar-refractivity contribution in [3.05, 3.63) is 59.7 Å². The number of benzene rings is 1. The molecule has 5 heteroatoms. The number of halogens is 3. The second kappa shape index (κ2) is 4.60. The van der Waals surface area contributed by atoms with Crippen LogP contribution < -0.4 is 9.84 Å². The van der Waals surface area contributed by atoms with Crippen molar-refractivity contribution >= 4 is 5.76 Å². The lowest BCUT2D eigenvalue weighted by atomic mass is 10.1. The summed E-state index contributed by atoms with van der Waals surface area (Å²) in [6, 6.07) is 4.83. The van der Waals surface area contributed by atoms with Gasteiger partial charge in [-0.05, 0) is 23.3 Å². The van der Waals surface area contributed by atoms with Gasteiger partial charge in [0.2, 0.25) is 0 Å². The van der Waals surface area contributed by atoms with E-state index in [0.29, 0.717) is 11.1 Å². The first-order valence-corrected chi connectivity index (χ1v) is 5.08. The first-order chi connectivity index (χ1) is 8.46. The number of ether oxygens (including phenoxy) is 1. The lowest BCUT2D eigenvalue weighted by molar-refractivity contribution is -0.274. The van der Waals surface area contributed by atoms with Gasteiger partial charge < -0.3 is 9.84 Å². The molecule has 2 rings (SSSR count). The summed E-state index contributed by atoms with van der Waals surface area (Å²) in [6.07, 6.45) is 1.99. The normalized spacial score (nSPS) is 14.1. The van der Waals surface area contributed by atoms with Crippen LogP contribution in [-0.2, 0) is 0 Å². The molecule has 1 aromatic rings. The zero-order chi connectivity index (χ0) is 13.2. The molecule has 0 saturated heterocycles. The van der Waals surface area contributed by atoms with E-state index in [0.717, 1.165) is 12.1 Å². The zero-order valence-electron chi connectivity index (χ0n) is 9.07. The molecule has 0 saturated carbocycles. The van der Waals surface area contributed by atoms with Crippen LogP contribution in [0.4, 0.5) is 13.2 Å². The van der Waals surface area contributed by atoms with Gasteiger partial charge >= 0.3 is 6.36 Å². The molecule has 0 amide bonds. The van der Waals surface area contributed by atoms with Crippen molar-refractivity contribution in [2.45, 2.75) is 6.36 Å². The second-order valence-electron chi connectivity index (χ2n) is 3.57. The largest absolute Gasteiger partial charge is 0.872 e. The Morgan fingerprint density at radius 1 is 1.00 bits per heavy atom. The maximum atomic E-state index is 11.9. The van der Waals surface area contributed by atoms with E-state index in [-0.39, 0.29) is 11.5 Å². The minimum absolute atomic E-state index is 0.237. The van der Waals surface area contributed by atoms with Crippen molar-refractivity contribution < 1.29 is 23.0 Å². The summed E-state index contributed by atoms with van der Waals surface area (Å²) in [6.45, 7) is 0. The SMILES string of the molecule is [O-]C(=C1C=CC=C1)c1ccc(OC(F)(F)F)cc1. The molecule has 1 aliphatic carbocycles. The molecule has 0 unspecified atom stereocenters. The number of hydrogen-bond donors (Lipinski definition) is 0. The van der Waals surface area contributed by atoms with Gasteiger partial charge in [0.25, 0.3) is 0 Å². The van der Waals surface area contributed by atoms with E-state index in [1.165, 1.54) is 12.1 Å². The van der Waals surface area contributed by atoms with Crippen LogP contribution in [0.3, 0.4) is 0 Å². The molecule has 0 spiro atoms. The van der Waals surface area contributed by atoms with E-state index in [9.17, 15) is 18.3 Å². The van der Waals surface area contributed by atoms with Crippen LogP contribution in [-0.4, -0.2) is 6.36 Å². The topological polar surface area (TPSA) is 32.3 Å². The number of allylic oxidation sites excluding steroid dienone is 5. The summed E-state index contributed by atoms with van der Waals surface area (Å²) >= 11 is 0. The van der Waals surface area contributed by atoms with Gasteiger partial charge in [0, 0.05) is 0 Å². The van der Waals surface area contributed by atoms with Crippen molar-refractivity contribution in [1.29, 1.82) is 0 Å². The fourth-order valence-electron chi connectivity index (χ4n) is 1.50. The molecule has 1 aromatic carbocycles. The van der Waals surface area contributed by atoms with Crippen LogP contribution in [0.1, 0.15) is 5.56 Å². The maximum absolute atomic E-state index is 11.9. The van der Waals surface area contributed by atoms with Gasteiger partial charge in [0.05, 0.1) is 0 Å². The summed E-state index contributed by atoms with van der Waals surface area (Å²) in [4.78, 5) is 0. The summed E-state index contributed by atoms with van der Waals surface area (Å²) < 4.78 is 39.5. The maximum Gasteiger partial charge on any atom is 0.573 e. The Morgan fingerprint density at radius 2 is 1.56 bits per heavy atom. The van der Waals surface area contributed by atoms with Crippen LogP contribution in [0, 0.1) is 0 Å². The Bertz CT molecular complexity index is 508. The average molecular weight is 253 g/mol. The van der Waals surface area contributed by atoms with Crippen LogP contribution in [0.5, 0.6) is 5.75 Å². The molecule has 2 nitrogen and oxygen atoms in total. The van der Waals surface area contributed by atoms with Gasteiger partial charge in [-0.1, -0.05) is 42.2 Å². The van der Waals surface area contributed by atoms with Gasteiger partial charge in [-0.2, -0.15) is 0 Å². The fourth-order valence-corrected chi connectivity index (χ4v) is 1.50. The number of rotatable bonds is 2. The van der Waals surface area contributed by atoms with Gasteiger partial charge in [0.1, 0.15) is 5.75 Å². The van der Waals surface area contributed by atoms with E-state index in [1.54, 1.807) is 24.3 Å². The lowest BCUT2D eigenvalue weighted by Gasteiger charge is -2.15. The predicted octanol–water partition coefficient (Wildman–Crippen LogP) is 2.78. The molecule has 1 aliphatic rings. The predicted molar refractivity (Wildman–Crippen MR) is 58.3 cm³/mol. The van der Waals surface area contributed by atoms with Crippen LogP contribution in [0.2, 0.25) is 0 Å². The molecule has 0 atom stereocenters. The van der Waals surface area contributed by atoms with E-state index >= 15 is 0 Å². The molecule has 0 radical (unpaired) electrons. The highest BCUT2D eigenvalue weighted by Gasteiger charge is 2.30. The average Bonchev–Trinajstić information content (AvgIpc) is 2.80. The van der Waals surface area contributed by atoms with Gasteiger partial charge in [-0.25, -0.2) is 0 Å². The van der Waals surface area contributed by atoms with Crippen LogP contribution in [0.15, 0.2) is 54.1 Å². The quantitative estimate of drug-likeness (QED) is 0.759. The zero-order valence-corrected chi connectivity index (χ0v) is 9.07. The summed E-state index contributed by atoms with van der Waals surface area (Å²) in [5.74, 6) is -0.583. The lowest BCUT2D eigenvalue weighted by Crippen LogP contribution is -2.17. The van der Waals surface area contributed by atoms with E-state index in [1.807, 2.05) is 0 Å². The number of alkyl halides is 3. The van der Waals surface area contributed by atoms with Crippen LogP contribution in [0.25, 0.3) is 5.76 Å². The third-order valence-corrected chi connectivity index (χ3v) is 2.27. The molecule has 0 heterocycles. The van der Waals surface area contributed by atoms with Crippen molar-refractivity contribution in [2.75, 3.05) is 0 Å². The third-order valence-electron chi connectivity index (χ3n) is 2.27.